The molecule has 3 rings (SSSR count). The van der Waals surface area contributed by atoms with E-state index in [1.54, 1.807) is 6.21 Å². The maximum atomic E-state index is 12.3. The first-order valence-corrected chi connectivity index (χ1v) is 8.14. The molecule has 0 radical (unpaired) electrons. The molecule has 1 saturated heterocycles. The third-order valence-electron chi connectivity index (χ3n) is 3.68. The molecule has 130 valence electrons. The molecule has 4 N–H and O–H groups in total. The number of ether oxygens (including phenoxy) is 1. The average Bonchev–Trinajstić information content (AvgIpc) is 2.64. The Hall–Kier alpha value is -2.90. The molecule has 7 heteroatoms. The molecule has 1 fully saturated rings. The lowest BCUT2D eigenvalue weighted by atomic mass is 10.1. The number of carbonyl (C=O) groups excluding carboxylic acids is 1. The van der Waals surface area contributed by atoms with E-state index in [0.717, 1.165) is 16.9 Å². The van der Waals surface area contributed by atoms with E-state index in [0.29, 0.717) is 6.61 Å². The van der Waals surface area contributed by atoms with Crippen LogP contribution in [0.4, 0.5) is 0 Å². The van der Waals surface area contributed by atoms with Crippen molar-refractivity contribution in [1.29, 1.82) is 0 Å². The zero-order valence-corrected chi connectivity index (χ0v) is 13.9. The zero-order valence-electron chi connectivity index (χ0n) is 13.9. The number of amides is 1. The summed E-state index contributed by atoms with van der Waals surface area (Å²) < 4.78 is 5.54. The van der Waals surface area contributed by atoms with E-state index in [1.165, 1.54) is 0 Å². The molecule has 1 aliphatic heterocycles. The molecule has 0 aliphatic carbocycles. The van der Waals surface area contributed by atoms with E-state index >= 15 is 0 Å². The van der Waals surface area contributed by atoms with Crippen LogP contribution in [0.2, 0.25) is 0 Å². The molecule has 0 aromatic heterocycles. The number of carbonyl (C=O) groups is 1. The van der Waals surface area contributed by atoms with Gasteiger partial charge in [0.25, 0.3) is 0 Å². The van der Waals surface area contributed by atoms with Gasteiger partial charge in [-0.2, -0.15) is 5.10 Å². The molecule has 1 amide bonds. The van der Waals surface area contributed by atoms with Crippen molar-refractivity contribution in [1.82, 2.24) is 21.6 Å². The van der Waals surface area contributed by atoms with Crippen molar-refractivity contribution in [2.75, 3.05) is 6.61 Å². The summed E-state index contributed by atoms with van der Waals surface area (Å²) in [5, 5.41) is 6.99. The summed E-state index contributed by atoms with van der Waals surface area (Å²) in [5.41, 5.74) is 10.6. The smallest absolute Gasteiger partial charge is 0.245 e. The van der Waals surface area contributed by atoms with Crippen LogP contribution >= 0.6 is 0 Å². The van der Waals surface area contributed by atoms with Crippen LogP contribution in [0.5, 0.6) is 5.75 Å². The van der Waals surface area contributed by atoms with Gasteiger partial charge < -0.3 is 10.1 Å². The Morgan fingerprint density at radius 1 is 1.12 bits per heavy atom. The van der Waals surface area contributed by atoms with E-state index in [2.05, 4.69) is 26.7 Å². The lowest BCUT2D eigenvalue weighted by molar-refractivity contribution is -0.127. The fraction of sp³-hybridized carbons (Fsp3) is 0.222. The highest BCUT2D eigenvalue weighted by Crippen LogP contribution is 2.16. The lowest BCUT2D eigenvalue weighted by Gasteiger charge is -2.31. The predicted molar refractivity (Wildman–Crippen MR) is 95.7 cm³/mol. The van der Waals surface area contributed by atoms with Crippen LogP contribution in [0.25, 0.3) is 0 Å². The second kappa shape index (κ2) is 8.27. The monoisotopic (exact) mass is 339 g/mol. The standard InChI is InChI=1S/C18H21N5O2/c1-2-25-15-11-7-6-10-14(15)12-19-22-18-20-17(24)16(21-23-18)13-8-4-3-5-9-13/h3-12,16,18,21-23H,2H2,1H3,(H,20,24)/b19-12+. The molecular weight excluding hydrogens is 318 g/mol. The molecule has 0 bridgehead atoms. The van der Waals surface area contributed by atoms with Gasteiger partial charge in [-0.15, -0.1) is 0 Å². The number of benzene rings is 2. The van der Waals surface area contributed by atoms with Crippen LogP contribution < -0.4 is 26.3 Å². The number of hydrogen-bond acceptors (Lipinski definition) is 6. The summed E-state index contributed by atoms with van der Waals surface area (Å²) >= 11 is 0. The minimum Gasteiger partial charge on any atom is -0.493 e. The van der Waals surface area contributed by atoms with Crippen LogP contribution in [-0.2, 0) is 4.79 Å². The number of nitrogens with zero attached hydrogens (tertiary/aromatic N) is 1. The summed E-state index contributed by atoms with van der Waals surface area (Å²) in [5.74, 6) is 0.630. The Kier molecular flexibility index (Phi) is 5.61. The van der Waals surface area contributed by atoms with E-state index in [1.807, 2.05) is 61.5 Å². The van der Waals surface area contributed by atoms with Gasteiger partial charge in [0.15, 0.2) is 6.29 Å². The Labute approximate surface area is 146 Å². The average molecular weight is 339 g/mol. The van der Waals surface area contributed by atoms with Gasteiger partial charge >= 0.3 is 0 Å². The Balaban J connectivity index is 1.56. The van der Waals surface area contributed by atoms with Crippen molar-refractivity contribution in [3.8, 4) is 5.75 Å². The second-order valence-electron chi connectivity index (χ2n) is 5.43. The SMILES string of the molecule is CCOc1ccccc1/C=N/NC1NNC(c2ccccc2)C(=O)N1. The van der Waals surface area contributed by atoms with Crippen molar-refractivity contribution < 1.29 is 9.53 Å². The summed E-state index contributed by atoms with van der Waals surface area (Å²) in [6, 6.07) is 16.7. The highest BCUT2D eigenvalue weighted by Gasteiger charge is 2.27. The van der Waals surface area contributed by atoms with Gasteiger partial charge in [-0.25, -0.2) is 10.9 Å². The van der Waals surface area contributed by atoms with Gasteiger partial charge in [0.2, 0.25) is 5.91 Å². The van der Waals surface area contributed by atoms with Gasteiger partial charge in [0, 0.05) is 5.56 Å². The Morgan fingerprint density at radius 2 is 1.88 bits per heavy atom. The number of hydrazone groups is 1. The highest BCUT2D eigenvalue weighted by atomic mass is 16.5. The first-order chi connectivity index (χ1) is 12.3. The van der Waals surface area contributed by atoms with E-state index in [4.69, 9.17) is 4.74 Å². The molecule has 7 nitrogen and oxygen atoms in total. The molecule has 2 atom stereocenters. The van der Waals surface area contributed by atoms with Gasteiger partial charge in [0.1, 0.15) is 11.8 Å². The summed E-state index contributed by atoms with van der Waals surface area (Å²) in [6.07, 6.45) is 1.14. The van der Waals surface area contributed by atoms with Crippen LogP contribution in [0.3, 0.4) is 0 Å². The number of nitrogens with one attached hydrogen (secondary N) is 4. The Morgan fingerprint density at radius 3 is 2.64 bits per heavy atom. The van der Waals surface area contributed by atoms with Crippen molar-refractivity contribution in [2.24, 2.45) is 5.10 Å². The van der Waals surface area contributed by atoms with Gasteiger partial charge in [-0.3, -0.25) is 10.2 Å². The largest absolute Gasteiger partial charge is 0.493 e. The van der Waals surface area contributed by atoms with Gasteiger partial charge in [-0.1, -0.05) is 42.5 Å². The second-order valence-corrected chi connectivity index (χ2v) is 5.43. The molecule has 0 saturated carbocycles. The van der Waals surface area contributed by atoms with Crippen molar-refractivity contribution in [3.05, 3.63) is 65.7 Å². The highest BCUT2D eigenvalue weighted by molar-refractivity contribution is 5.84. The molecule has 1 aliphatic rings. The first-order valence-electron chi connectivity index (χ1n) is 8.14. The normalized spacial score (nSPS) is 20.3. The minimum absolute atomic E-state index is 0.132. The van der Waals surface area contributed by atoms with Crippen molar-refractivity contribution >= 4 is 12.1 Å². The summed E-state index contributed by atoms with van der Waals surface area (Å²) in [4.78, 5) is 12.3. The van der Waals surface area contributed by atoms with E-state index < -0.39 is 12.3 Å². The fourth-order valence-corrected chi connectivity index (χ4v) is 2.49. The van der Waals surface area contributed by atoms with Crippen molar-refractivity contribution in [3.63, 3.8) is 0 Å². The number of hydrogen-bond donors (Lipinski definition) is 4. The fourth-order valence-electron chi connectivity index (χ4n) is 2.49. The molecule has 25 heavy (non-hydrogen) atoms. The maximum absolute atomic E-state index is 12.3. The minimum atomic E-state index is -0.511. The zero-order chi connectivity index (χ0) is 17.5. The topological polar surface area (TPSA) is 86.8 Å². The van der Waals surface area contributed by atoms with Crippen LogP contribution in [0.1, 0.15) is 24.1 Å². The van der Waals surface area contributed by atoms with E-state index in [9.17, 15) is 4.79 Å². The van der Waals surface area contributed by atoms with Crippen molar-refractivity contribution in [2.45, 2.75) is 19.3 Å². The van der Waals surface area contributed by atoms with Crippen LogP contribution in [0, 0.1) is 0 Å². The number of rotatable bonds is 6. The molecule has 0 spiro atoms. The Bertz CT molecular complexity index is 735. The molecule has 2 unspecified atom stereocenters. The van der Waals surface area contributed by atoms with Crippen LogP contribution in [0.15, 0.2) is 59.7 Å². The molecule has 1 heterocycles. The van der Waals surface area contributed by atoms with Gasteiger partial charge in [-0.05, 0) is 24.6 Å². The molecule has 2 aromatic carbocycles. The number of hydrazine groups is 1. The molecular formula is C18H21N5O2. The molecule has 2 aromatic rings. The number of para-hydroxylation sites is 1. The summed E-state index contributed by atoms with van der Waals surface area (Å²) in [6.45, 7) is 2.52. The predicted octanol–water partition coefficient (Wildman–Crippen LogP) is 1.26. The first kappa shape index (κ1) is 16.9. The third-order valence-corrected chi connectivity index (χ3v) is 3.68. The summed E-state index contributed by atoms with van der Waals surface area (Å²) in [7, 11) is 0. The quantitative estimate of drug-likeness (QED) is 0.470. The maximum Gasteiger partial charge on any atom is 0.245 e. The van der Waals surface area contributed by atoms with Gasteiger partial charge in [0.05, 0.1) is 12.8 Å². The van der Waals surface area contributed by atoms with Crippen LogP contribution in [-0.4, -0.2) is 25.0 Å². The third kappa shape index (κ3) is 4.34. The van der Waals surface area contributed by atoms with E-state index in [-0.39, 0.29) is 5.91 Å². The lowest BCUT2D eigenvalue weighted by Crippen LogP contribution is -2.65.